The number of aromatic nitrogens is 3. The SMILES string of the molecule is COC(=O)/C=C(C(=O)OC)/C(=C(/C)O)c1nc(OC)nc(OC)n1. The Morgan fingerprint density at radius 3 is 1.88 bits per heavy atom. The fourth-order valence-corrected chi connectivity index (χ4v) is 1.63. The summed E-state index contributed by atoms with van der Waals surface area (Å²) in [7, 11) is 4.89. The van der Waals surface area contributed by atoms with Gasteiger partial charge in [-0.05, 0) is 6.92 Å². The van der Waals surface area contributed by atoms with Crippen molar-refractivity contribution in [3.05, 3.63) is 23.2 Å². The van der Waals surface area contributed by atoms with E-state index in [-0.39, 0.29) is 34.8 Å². The molecule has 10 heteroatoms. The largest absolute Gasteiger partial charge is 0.512 e. The molecule has 0 saturated heterocycles. The van der Waals surface area contributed by atoms with E-state index in [0.717, 1.165) is 20.3 Å². The first-order valence-electron chi connectivity index (χ1n) is 6.50. The minimum Gasteiger partial charge on any atom is -0.512 e. The van der Waals surface area contributed by atoms with Crippen molar-refractivity contribution in [1.82, 2.24) is 15.0 Å². The number of carbonyl (C=O) groups excluding carboxylic acids is 2. The third kappa shape index (κ3) is 4.41. The third-order valence-corrected chi connectivity index (χ3v) is 2.68. The van der Waals surface area contributed by atoms with Crippen molar-refractivity contribution in [3.8, 4) is 12.0 Å². The van der Waals surface area contributed by atoms with Gasteiger partial charge in [0.15, 0.2) is 5.82 Å². The van der Waals surface area contributed by atoms with Crippen LogP contribution in [0.4, 0.5) is 0 Å². The lowest BCUT2D eigenvalue weighted by Crippen LogP contribution is -2.14. The molecule has 0 aliphatic heterocycles. The van der Waals surface area contributed by atoms with Crippen molar-refractivity contribution >= 4 is 17.5 Å². The summed E-state index contributed by atoms with van der Waals surface area (Å²) in [6.07, 6.45) is 0.851. The highest BCUT2D eigenvalue weighted by atomic mass is 16.5. The summed E-state index contributed by atoms with van der Waals surface area (Å²) in [5.41, 5.74) is -0.467. The first-order valence-corrected chi connectivity index (χ1v) is 6.50. The molecule has 0 bridgehead atoms. The molecule has 0 fully saturated rings. The Morgan fingerprint density at radius 1 is 0.958 bits per heavy atom. The Hall–Kier alpha value is -3.17. The van der Waals surface area contributed by atoms with Gasteiger partial charge in [-0.15, -0.1) is 4.98 Å². The van der Waals surface area contributed by atoms with Crippen molar-refractivity contribution in [3.63, 3.8) is 0 Å². The second-order valence-corrected chi connectivity index (χ2v) is 4.17. The number of aliphatic hydroxyl groups excluding tert-OH is 1. The second-order valence-electron chi connectivity index (χ2n) is 4.17. The molecule has 130 valence electrons. The third-order valence-electron chi connectivity index (χ3n) is 2.68. The zero-order chi connectivity index (χ0) is 18.3. The van der Waals surface area contributed by atoms with Gasteiger partial charge in [0.05, 0.1) is 39.6 Å². The Bertz CT molecular complexity index is 671. The van der Waals surface area contributed by atoms with Crippen LogP contribution in [0.5, 0.6) is 12.0 Å². The quantitative estimate of drug-likeness (QED) is 0.337. The maximum atomic E-state index is 12.0. The van der Waals surface area contributed by atoms with Gasteiger partial charge >= 0.3 is 24.0 Å². The molecule has 1 aromatic rings. The summed E-state index contributed by atoms with van der Waals surface area (Å²) in [4.78, 5) is 35.3. The summed E-state index contributed by atoms with van der Waals surface area (Å²) in [6.45, 7) is 1.28. The van der Waals surface area contributed by atoms with Gasteiger partial charge in [0.1, 0.15) is 5.76 Å². The highest BCUT2D eigenvalue weighted by molar-refractivity contribution is 6.09. The molecular formula is C14H17N3O7. The van der Waals surface area contributed by atoms with Crippen molar-refractivity contribution in [2.45, 2.75) is 6.92 Å². The molecule has 0 unspecified atom stereocenters. The van der Waals surface area contributed by atoms with Gasteiger partial charge in [-0.3, -0.25) is 0 Å². The molecule has 1 heterocycles. The van der Waals surface area contributed by atoms with Gasteiger partial charge in [0, 0.05) is 6.08 Å². The molecule has 1 aromatic heterocycles. The lowest BCUT2D eigenvalue weighted by atomic mass is 10.0. The van der Waals surface area contributed by atoms with Crippen LogP contribution < -0.4 is 9.47 Å². The van der Waals surface area contributed by atoms with E-state index in [1.807, 2.05) is 0 Å². The molecule has 0 amide bonds. The van der Waals surface area contributed by atoms with Crippen molar-refractivity contribution in [1.29, 1.82) is 0 Å². The lowest BCUT2D eigenvalue weighted by Gasteiger charge is -2.11. The Labute approximate surface area is 137 Å². The van der Waals surface area contributed by atoms with Gasteiger partial charge < -0.3 is 24.1 Å². The normalized spacial score (nSPS) is 12.1. The predicted octanol–water partition coefficient (Wildman–Crippen LogP) is 0.450. The van der Waals surface area contributed by atoms with Gasteiger partial charge in [-0.2, -0.15) is 9.97 Å². The van der Waals surface area contributed by atoms with Gasteiger partial charge in [-0.1, -0.05) is 0 Å². The monoisotopic (exact) mass is 339 g/mol. The number of methoxy groups -OCH3 is 4. The standard InChI is InChI=1S/C14H17N3O7/c1-7(18)10(8(12(20)22-3)6-9(19)21-2)11-15-13(23-4)17-14(16-11)24-5/h6,18H,1-5H3/b8-6-,10-7+. The Kier molecular flexibility index (Phi) is 6.65. The predicted molar refractivity (Wildman–Crippen MR) is 80.3 cm³/mol. The first-order chi connectivity index (χ1) is 11.4. The average molecular weight is 339 g/mol. The molecule has 0 aromatic carbocycles. The van der Waals surface area contributed by atoms with Crippen LogP contribution in [0.3, 0.4) is 0 Å². The zero-order valence-electron chi connectivity index (χ0n) is 13.8. The number of ether oxygens (including phenoxy) is 4. The van der Waals surface area contributed by atoms with Crippen molar-refractivity contribution in [2.24, 2.45) is 0 Å². The minimum absolute atomic E-state index is 0.113. The number of hydrogen-bond acceptors (Lipinski definition) is 10. The number of hydrogen-bond donors (Lipinski definition) is 1. The maximum Gasteiger partial charge on any atom is 0.338 e. The molecule has 0 spiro atoms. The minimum atomic E-state index is -0.901. The highest BCUT2D eigenvalue weighted by Gasteiger charge is 2.25. The second kappa shape index (κ2) is 8.46. The molecule has 0 radical (unpaired) electrons. The molecule has 1 N–H and O–H groups in total. The van der Waals surface area contributed by atoms with Gasteiger partial charge in [0.25, 0.3) is 0 Å². The van der Waals surface area contributed by atoms with E-state index in [0.29, 0.717) is 0 Å². The van der Waals surface area contributed by atoms with E-state index in [9.17, 15) is 14.7 Å². The average Bonchev–Trinajstić information content (AvgIpc) is 2.59. The number of carbonyl (C=O) groups is 2. The Balaban J connectivity index is 3.63. The van der Waals surface area contributed by atoms with Crippen LogP contribution >= 0.6 is 0 Å². The van der Waals surface area contributed by atoms with Crippen LogP contribution in [0.25, 0.3) is 5.57 Å². The number of allylic oxidation sites excluding steroid dienone is 1. The van der Waals surface area contributed by atoms with E-state index in [4.69, 9.17) is 9.47 Å². The topological polar surface area (TPSA) is 130 Å². The lowest BCUT2D eigenvalue weighted by molar-refractivity contribution is -0.138. The molecule has 24 heavy (non-hydrogen) atoms. The fourth-order valence-electron chi connectivity index (χ4n) is 1.63. The van der Waals surface area contributed by atoms with Crippen LogP contribution in [0.15, 0.2) is 17.4 Å². The summed E-state index contributed by atoms with van der Waals surface area (Å²) in [5, 5.41) is 9.99. The molecule has 0 aliphatic carbocycles. The molecule has 1 rings (SSSR count). The molecule has 0 saturated carbocycles. The van der Waals surface area contributed by atoms with E-state index < -0.39 is 11.9 Å². The van der Waals surface area contributed by atoms with E-state index in [1.165, 1.54) is 21.1 Å². The zero-order valence-corrected chi connectivity index (χ0v) is 13.8. The molecule has 10 nitrogen and oxygen atoms in total. The highest BCUT2D eigenvalue weighted by Crippen LogP contribution is 2.26. The summed E-state index contributed by atoms with van der Waals surface area (Å²) in [6, 6.07) is -0.226. The molecule has 0 atom stereocenters. The summed E-state index contributed by atoms with van der Waals surface area (Å²) >= 11 is 0. The Morgan fingerprint density at radius 2 is 1.50 bits per heavy atom. The van der Waals surface area contributed by atoms with Crippen LogP contribution in [-0.2, 0) is 19.1 Å². The maximum absolute atomic E-state index is 12.0. The number of nitrogens with zero attached hydrogens (tertiary/aromatic N) is 3. The van der Waals surface area contributed by atoms with Gasteiger partial charge in [-0.25, -0.2) is 9.59 Å². The van der Waals surface area contributed by atoms with Crippen molar-refractivity contribution in [2.75, 3.05) is 28.4 Å². The summed E-state index contributed by atoms with van der Waals surface area (Å²) in [5.74, 6) is -2.23. The van der Waals surface area contributed by atoms with Crippen LogP contribution in [0.1, 0.15) is 12.7 Å². The molecule has 0 aliphatic rings. The fraction of sp³-hybridized carbons (Fsp3) is 0.357. The number of esters is 2. The first kappa shape index (κ1) is 18.9. The van der Waals surface area contributed by atoms with Crippen molar-refractivity contribution < 1.29 is 33.6 Å². The smallest absolute Gasteiger partial charge is 0.338 e. The van der Waals surface area contributed by atoms with E-state index >= 15 is 0 Å². The summed E-state index contributed by atoms with van der Waals surface area (Å²) < 4.78 is 19.0. The van der Waals surface area contributed by atoms with E-state index in [2.05, 4.69) is 24.4 Å². The number of rotatable bonds is 6. The molecular weight excluding hydrogens is 322 g/mol. The van der Waals surface area contributed by atoms with E-state index in [1.54, 1.807) is 0 Å². The van der Waals surface area contributed by atoms with Crippen LogP contribution in [0.2, 0.25) is 0 Å². The number of aliphatic hydroxyl groups is 1. The van der Waals surface area contributed by atoms with Crippen LogP contribution in [0, 0.1) is 0 Å². The van der Waals surface area contributed by atoms with Gasteiger partial charge in [0.2, 0.25) is 0 Å². The van der Waals surface area contributed by atoms with Crippen LogP contribution in [-0.4, -0.2) is 60.4 Å².